The van der Waals surface area contributed by atoms with Crippen molar-refractivity contribution in [3.8, 4) is 5.69 Å². The smallest absolute Gasteiger partial charge is 0.237 e. The summed E-state index contributed by atoms with van der Waals surface area (Å²) in [4.78, 5) is 15.0. The third-order valence-electron chi connectivity index (χ3n) is 4.85. The van der Waals surface area contributed by atoms with E-state index in [2.05, 4.69) is 25.7 Å². The Labute approximate surface area is 179 Å². The number of morpholine rings is 1. The minimum Gasteiger partial charge on any atom is -0.378 e. The Hall–Kier alpha value is -2.91. The van der Waals surface area contributed by atoms with Gasteiger partial charge in [0.15, 0.2) is 0 Å². The second-order valence-corrected chi connectivity index (χ2v) is 8.42. The molecular formula is C21H24N6O2S. The van der Waals surface area contributed by atoms with Gasteiger partial charge in [-0.1, -0.05) is 23.9 Å². The summed E-state index contributed by atoms with van der Waals surface area (Å²) in [6.07, 6.45) is 0. The van der Waals surface area contributed by atoms with Crippen LogP contribution in [-0.2, 0) is 9.53 Å². The number of amides is 1. The number of benzene rings is 2. The van der Waals surface area contributed by atoms with Gasteiger partial charge in [-0.3, -0.25) is 4.79 Å². The van der Waals surface area contributed by atoms with Crippen LogP contribution in [0.25, 0.3) is 5.69 Å². The number of carbonyl (C=O) groups excluding carboxylic acids is 1. The van der Waals surface area contributed by atoms with E-state index in [-0.39, 0.29) is 11.2 Å². The van der Waals surface area contributed by atoms with Crippen molar-refractivity contribution < 1.29 is 9.53 Å². The van der Waals surface area contributed by atoms with Crippen molar-refractivity contribution >= 4 is 29.0 Å². The van der Waals surface area contributed by atoms with Crippen molar-refractivity contribution in [3.05, 3.63) is 54.1 Å². The zero-order chi connectivity index (χ0) is 20.9. The monoisotopic (exact) mass is 424 g/mol. The number of nitrogens with zero attached hydrogens (tertiary/aromatic N) is 5. The van der Waals surface area contributed by atoms with Crippen LogP contribution in [-0.4, -0.2) is 57.7 Å². The molecule has 9 heteroatoms. The molecule has 0 aliphatic carbocycles. The number of hydrogen-bond donors (Lipinski definition) is 1. The molecule has 8 nitrogen and oxygen atoms in total. The highest BCUT2D eigenvalue weighted by Gasteiger charge is 2.20. The summed E-state index contributed by atoms with van der Waals surface area (Å²) in [5.74, 6) is -0.0992. The van der Waals surface area contributed by atoms with Crippen molar-refractivity contribution in [1.29, 1.82) is 0 Å². The predicted octanol–water partition coefficient (Wildman–Crippen LogP) is 2.93. The lowest BCUT2D eigenvalue weighted by Crippen LogP contribution is -2.36. The molecule has 1 fully saturated rings. The molecule has 1 atom stereocenters. The van der Waals surface area contributed by atoms with Gasteiger partial charge < -0.3 is 15.0 Å². The zero-order valence-electron chi connectivity index (χ0n) is 17.0. The molecule has 2 aromatic carbocycles. The molecule has 4 rings (SSSR count). The number of anilines is 2. The average molecular weight is 425 g/mol. The number of thioether (sulfide) groups is 1. The molecule has 1 unspecified atom stereocenters. The summed E-state index contributed by atoms with van der Waals surface area (Å²) < 4.78 is 7.04. The standard InChI is InChI=1S/C21H24N6O2S/c1-15-4-3-5-19(14-15)27-21(23-24-25-27)30-16(2)20(28)22-17-6-8-18(9-7-17)26-10-12-29-13-11-26/h3-9,14,16H,10-13H2,1-2H3,(H,22,28). The maximum atomic E-state index is 12.7. The van der Waals surface area contributed by atoms with Gasteiger partial charge in [0.1, 0.15) is 0 Å². The number of nitrogens with one attached hydrogen (secondary N) is 1. The molecule has 30 heavy (non-hydrogen) atoms. The van der Waals surface area contributed by atoms with E-state index in [0.29, 0.717) is 5.16 Å². The lowest BCUT2D eigenvalue weighted by Gasteiger charge is -2.28. The maximum absolute atomic E-state index is 12.7. The molecule has 0 saturated carbocycles. The minimum atomic E-state index is -0.363. The van der Waals surface area contributed by atoms with Crippen LogP contribution in [0.3, 0.4) is 0 Å². The average Bonchev–Trinajstić information content (AvgIpc) is 3.23. The van der Waals surface area contributed by atoms with Gasteiger partial charge in [0.2, 0.25) is 11.1 Å². The topological polar surface area (TPSA) is 85.2 Å². The summed E-state index contributed by atoms with van der Waals surface area (Å²) in [7, 11) is 0. The van der Waals surface area contributed by atoms with Crippen molar-refractivity contribution in [2.75, 3.05) is 36.5 Å². The molecule has 1 N–H and O–H groups in total. The maximum Gasteiger partial charge on any atom is 0.237 e. The minimum absolute atomic E-state index is 0.0992. The van der Waals surface area contributed by atoms with Crippen LogP contribution in [0.5, 0.6) is 0 Å². The molecule has 1 aliphatic rings. The first-order chi connectivity index (χ1) is 14.6. The van der Waals surface area contributed by atoms with E-state index in [0.717, 1.165) is 48.9 Å². The predicted molar refractivity (Wildman–Crippen MR) is 117 cm³/mol. The molecule has 2 heterocycles. The van der Waals surface area contributed by atoms with Gasteiger partial charge in [-0.2, -0.15) is 4.68 Å². The van der Waals surface area contributed by atoms with Gasteiger partial charge in [0, 0.05) is 24.5 Å². The van der Waals surface area contributed by atoms with Crippen LogP contribution in [0, 0.1) is 6.92 Å². The summed E-state index contributed by atoms with van der Waals surface area (Å²) >= 11 is 1.32. The normalized spacial score (nSPS) is 15.1. The molecule has 0 spiro atoms. The number of rotatable bonds is 6. The van der Waals surface area contributed by atoms with E-state index in [1.54, 1.807) is 4.68 Å². The van der Waals surface area contributed by atoms with Gasteiger partial charge in [0.25, 0.3) is 0 Å². The highest BCUT2D eigenvalue weighted by molar-refractivity contribution is 8.00. The van der Waals surface area contributed by atoms with Gasteiger partial charge >= 0.3 is 0 Å². The Kier molecular flexibility index (Phi) is 6.29. The highest BCUT2D eigenvalue weighted by atomic mass is 32.2. The van der Waals surface area contributed by atoms with E-state index >= 15 is 0 Å². The fourth-order valence-corrected chi connectivity index (χ4v) is 4.01. The Morgan fingerprint density at radius 1 is 1.13 bits per heavy atom. The summed E-state index contributed by atoms with van der Waals surface area (Å²) in [6, 6.07) is 15.8. The quantitative estimate of drug-likeness (QED) is 0.609. The first-order valence-corrected chi connectivity index (χ1v) is 10.7. The number of hydrogen-bond acceptors (Lipinski definition) is 7. The van der Waals surface area contributed by atoms with Crippen LogP contribution in [0.15, 0.2) is 53.7 Å². The van der Waals surface area contributed by atoms with Gasteiger partial charge in [-0.15, -0.1) is 5.10 Å². The second kappa shape index (κ2) is 9.27. The van der Waals surface area contributed by atoms with E-state index in [1.165, 1.54) is 11.8 Å². The van der Waals surface area contributed by atoms with Crippen LogP contribution in [0.2, 0.25) is 0 Å². The van der Waals surface area contributed by atoms with Crippen LogP contribution in [0.4, 0.5) is 11.4 Å². The fourth-order valence-electron chi connectivity index (χ4n) is 3.21. The number of aryl methyl sites for hydroxylation is 1. The fraction of sp³-hybridized carbons (Fsp3) is 0.333. The van der Waals surface area contributed by atoms with E-state index in [9.17, 15) is 4.79 Å². The number of aromatic nitrogens is 4. The molecule has 1 aliphatic heterocycles. The van der Waals surface area contributed by atoms with E-state index in [4.69, 9.17) is 4.74 Å². The molecule has 3 aromatic rings. The third-order valence-corrected chi connectivity index (χ3v) is 5.88. The highest BCUT2D eigenvalue weighted by Crippen LogP contribution is 2.25. The van der Waals surface area contributed by atoms with E-state index in [1.807, 2.05) is 62.4 Å². The molecule has 1 saturated heterocycles. The first-order valence-electron chi connectivity index (χ1n) is 9.86. The van der Waals surface area contributed by atoms with Crippen molar-refractivity contribution in [1.82, 2.24) is 20.2 Å². The Morgan fingerprint density at radius 2 is 1.90 bits per heavy atom. The number of ether oxygens (including phenoxy) is 1. The van der Waals surface area contributed by atoms with Crippen molar-refractivity contribution in [2.24, 2.45) is 0 Å². The lowest BCUT2D eigenvalue weighted by atomic mass is 10.2. The van der Waals surface area contributed by atoms with Crippen molar-refractivity contribution in [3.63, 3.8) is 0 Å². The molecule has 0 radical (unpaired) electrons. The summed E-state index contributed by atoms with van der Waals surface area (Å²) in [5.41, 5.74) is 3.89. The largest absolute Gasteiger partial charge is 0.378 e. The van der Waals surface area contributed by atoms with Gasteiger partial charge in [-0.25, -0.2) is 0 Å². The van der Waals surface area contributed by atoms with Gasteiger partial charge in [-0.05, 0) is 66.2 Å². The molecular weight excluding hydrogens is 400 g/mol. The lowest BCUT2D eigenvalue weighted by molar-refractivity contribution is -0.115. The van der Waals surface area contributed by atoms with Crippen LogP contribution in [0.1, 0.15) is 12.5 Å². The SMILES string of the molecule is Cc1cccc(-n2nnnc2SC(C)C(=O)Nc2ccc(N3CCOCC3)cc2)c1. The number of carbonyl (C=O) groups is 1. The van der Waals surface area contributed by atoms with Crippen molar-refractivity contribution in [2.45, 2.75) is 24.3 Å². The van der Waals surface area contributed by atoms with Gasteiger partial charge in [0.05, 0.1) is 24.2 Å². The molecule has 156 valence electrons. The summed E-state index contributed by atoms with van der Waals surface area (Å²) in [5, 5.41) is 15.1. The molecule has 1 amide bonds. The Balaban J connectivity index is 1.38. The Morgan fingerprint density at radius 3 is 2.63 bits per heavy atom. The first kappa shape index (κ1) is 20.4. The van der Waals surface area contributed by atoms with E-state index < -0.39 is 0 Å². The number of tetrazole rings is 1. The molecule has 0 bridgehead atoms. The molecule has 1 aromatic heterocycles. The zero-order valence-corrected chi connectivity index (χ0v) is 17.8. The van der Waals surface area contributed by atoms with Crippen LogP contribution < -0.4 is 10.2 Å². The second-order valence-electron chi connectivity index (χ2n) is 7.11. The third kappa shape index (κ3) is 4.80. The van der Waals surface area contributed by atoms with Crippen LogP contribution >= 0.6 is 11.8 Å². The summed E-state index contributed by atoms with van der Waals surface area (Å²) in [6.45, 7) is 7.12. The Bertz CT molecular complexity index is 1000.